The quantitative estimate of drug-likeness (QED) is 0.104. The molecule has 0 saturated carbocycles. The van der Waals surface area contributed by atoms with Gasteiger partial charge in [-0.1, -0.05) is 0 Å². The largest absolute Gasteiger partial charge is 0.495 e. The molecule has 0 radical (unpaired) electrons. The Kier molecular flexibility index (Phi) is 10.4. The maximum absolute atomic E-state index is 10.1. The molecule has 0 bridgehead atoms. The van der Waals surface area contributed by atoms with Gasteiger partial charge in [0.25, 0.3) is 4.29 Å². The lowest BCUT2D eigenvalue weighted by molar-refractivity contribution is 0.366. The number of nitrogens with two attached hydrogens (primary N) is 1. The number of nitrogens with one attached hydrogen (secondary N) is 3. The zero-order valence-corrected chi connectivity index (χ0v) is 16.0. The average molecular weight is 441 g/mol. The lowest BCUT2D eigenvalue weighted by Crippen LogP contribution is -2.34. The van der Waals surface area contributed by atoms with Crippen molar-refractivity contribution in [3.63, 3.8) is 0 Å². The van der Waals surface area contributed by atoms with Gasteiger partial charge in [-0.05, 0) is 6.07 Å². The molecular formula is C12H26BIN5O2P. The summed E-state index contributed by atoms with van der Waals surface area (Å²) in [5.74, 6) is 0.236. The van der Waals surface area contributed by atoms with E-state index in [1.807, 2.05) is 0 Å². The van der Waals surface area contributed by atoms with E-state index in [4.69, 9.17) is 5.73 Å². The van der Waals surface area contributed by atoms with Gasteiger partial charge < -0.3 is 31.9 Å². The first-order valence-electron chi connectivity index (χ1n) is 7.41. The van der Waals surface area contributed by atoms with Gasteiger partial charge in [0.2, 0.25) is 0 Å². The molecule has 1 heterocycles. The number of nitrogens with zero attached hydrogens (tertiary/aromatic N) is 1. The first-order valence-corrected chi connectivity index (χ1v) is 9.32. The van der Waals surface area contributed by atoms with Crippen LogP contribution in [0, 0.1) is 0 Å². The summed E-state index contributed by atoms with van der Waals surface area (Å²) < 4.78 is 1.59. The molecule has 1 rings (SSSR count). The van der Waals surface area contributed by atoms with E-state index in [-0.39, 0.29) is 16.0 Å². The SMILES string of the molecule is NCCNCCNCCNCCn1c(O)cc(B(P)I)c1O. The third-order valence-corrected chi connectivity index (χ3v) is 4.19. The average Bonchev–Trinajstić information content (AvgIpc) is 2.77. The Labute approximate surface area is 147 Å². The molecule has 7 N–H and O–H groups in total. The molecule has 0 aliphatic carbocycles. The van der Waals surface area contributed by atoms with E-state index in [0.29, 0.717) is 19.6 Å². The maximum Gasteiger partial charge on any atom is 0.278 e. The van der Waals surface area contributed by atoms with Gasteiger partial charge >= 0.3 is 0 Å². The molecular weight excluding hydrogens is 415 g/mol. The van der Waals surface area contributed by atoms with Crippen LogP contribution in [0.3, 0.4) is 0 Å². The van der Waals surface area contributed by atoms with Gasteiger partial charge in [-0.25, -0.2) is 0 Å². The van der Waals surface area contributed by atoms with Crippen LogP contribution < -0.4 is 27.1 Å². The van der Waals surface area contributed by atoms with Crippen molar-refractivity contribution < 1.29 is 10.2 Å². The van der Waals surface area contributed by atoms with Crippen LogP contribution in [0.5, 0.6) is 11.8 Å². The van der Waals surface area contributed by atoms with Crippen molar-refractivity contribution in [2.75, 3.05) is 45.8 Å². The molecule has 0 amide bonds. The minimum atomic E-state index is 0.0785. The number of hydrogen-bond acceptors (Lipinski definition) is 6. The predicted octanol–water partition coefficient (Wildman–Crippen LogP) is -1.37. The Balaban J connectivity index is 2.13. The molecule has 1 atom stereocenters. The van der Waals surface area contributed by atoms with E-state index in [1.54, 1.807) is 6.07 Å². The van der Waals surface area contributed by atoms with Crippen LogP contribution >= 0.6 is 31.5 Å². The fourth-order valence-corrected chi connectivity index (χ4v) is 2.69. The zero-order valence-electron chi connectivity index (χ0n) is 12.7. The Morgan fingerprint density at radius 1 is 1.09 bits per heavy atom. The predicted molar refractivity (Wildman–Crippen MR) is 105 cm³/mol. The minimum absolute atomic E-state index is 0.0785. The maximum atomic E-state index is 10.1. The van der Waals surface area contributed by atoms with E-state index >= 15 is 0 Å². The summed E-state index contributed by atoms with van der Waals surface area (Å²) >= 11 is 2.18. The fraction of sp³-hybridized carbons (Fsp3) is 0.667. The van der Waals surface area contributed by atoms with E-state index in [9.17, 15) is 10.2 Å². The highest BCUT2D eigenvalue weighted by Crippen LogP contribution is 2.22. The number of aromatic nitrogens is 1. The van der Waals surface area contributed by atoms with Crippen LogP contribution in [-0.4, -0.2) is 64.9 Å². The van der Waals surface area contributed by atoms with Crippen LogP contribution in [0.2, 0.25) is 0 Å². The van der Waals surface area contributed by atoms with E-state index in [0.717, 1.165) is 38.2 Å². The number of halogens is 1. The zero-order chi connectivity index (χ0) is 16.4. The second-order valence-corrected chi connectivity index (χ2v) is 8.24. The molecule has 1 aromatic rings. The standard InChI is InChI=1S/C12H26BIN5O2P/c14-13(22)10-9-11(20)19(12(10)21)8-7-18-6-5-17-4-3-16-2-1-15/h9,16-18,20-21H,1-8,15,22H2. The normalized spacial score (nSPS) is 11.0. The molecule has 1 unspecified atom stereocenters. The van der Waals surface area contributed by atoms with Crippen molar-refractivity contribution in [2.24, 2.45) is 5.73 Å². The van der Waals surface area contributed by atoms with Crippen LogP contribution in [0.25, 0.3) is 0 Å². The van der Waals surface area contributed by atoms with Gasteiger partial charge in [-0.3, -0.25) is 4.57 Å². The molecule has 0 aromatic carbocycles. The smallest absolute Gasteiger partial charge is 0.278 e. The van der Waals surface area contributed by atoms with Crippen LogP contribution in [0.4, 0.5) is 0 Å². The molecule has 10 heteroatoms. The summed E-state index contributed by atoms with van der Waals surface area (Å²) in [6, 6.07) is 1.61. The topological polar surface area (TPSA) is 108 Å². The Bertz CT molecular complexity index is 436. The second kappa shape index (κ2) is 11.5. The molecule has 0 aliphatic rings. The van der Waals surface area contributed by atoms with Gasteiger partial charge in [0.05, 0.1) is 0 Å². The van der Waals surface area contributed by atoms with Crippen molar-refractivity contribution >= 4 is 41.2 Å². The first-order chi connectivity index (χ1) is 10.6. The molecule has 126 valence electrons. The van der Waals surface area contributed by atoms with Crippen molar-refractivity contribution in [3.8, 4) is 11.8 Å². The number of aromatic hydroxyl groups is 2. The van der Waals surface area contributed by atoms with Crippen molar-refractivity contribution in [1.82, 2.24) is 20.5 Å². The van der Waals surface area contributed by atoms with Gasteiger partial charge in [0, 0.05) is 57.8 Å². The van der Waals surface area contributed by atoms with Crippen molar-refractivity contribution in [2.45, 2.75) is 6.54 Å². The summed E-state index contributed by atoms with van der Waals surface area (Å²) in [5, 5.41) is 29.7. The molecule has 0 spiro atoms. The van der Waals surface area contributed by atoms with Crippen LogP contribution in [-0.2, 0) is 6.54 Å². The van der Waals surface area contributed by atoms with Crippen molar-refractivity contribution in [1.29, 1.82) is 0 Å². The Hall–Kier alpha value is -0.0551. The lowest BCUT2D eigenvalue weighted by atomic mass is 9.97. The molecule has 22 heavy (non-hydrogen) atoms. The summed E-state index contributed by atoms with van der Waals surface area (Å²) in [6.07, 6.45) is 0. The minimum Gasteiger partial charge on any atom is -0.495 e. The molecule has 0 fully saturated rings. The van der Waals surface area contributed by atoms with Gasteiger partial charge in [-0.2, -0.15) is 9.12 Å². The Morgan fingerprint density at radius 2 is 1.64 bits per heavy atom. The van der Waals surface area contributed by atoms with Gasteiger partial charge in [0.15, 0.2) is 11.8 Å². The molecule has 1 aromatic heterocycles. The van der Waals surface area contributed by atoms with E-state index < -0.39 is 0 Å². The fourth-order valence-electron chi connectivity index (χ4n) is 1.99. The second-order valence-electron chi connectivity index (χ2n) is 4.87. The summed E-state index contributed by atoms with van der Waals surface area (Å²) in [5.41, 5.74) is 6.11. The number of rotatable bonds is 12. The van der Waals surface area contributed by atoms with Crippen molar-refractivity contribution in [3.05, 3.63) is 6.07 Å². The summed E-state index contributed by atoms with van der Waals surface area (Å²) in [7, 11) is 2.60. The third-order valence-electron chi connectivity index (χ3n) is 3.16. The third kappa shape index (κ3) is 7.01. The molecule has 0 aliphatic heterocycles. The van der Waals surface area contributed by atoms with Crippen LogP contribution in [0.1, 0.15) is 0 Å². The van der Waals surface area contributed by atoms with Gasteiger partial charge in [0.1, 0.15) is 0 Å². The van der Waals surface area contributed by atoms with E-state index in [1.165, 1.54) is 4.57 Å². The molecule has 0 saturated heterocycles. The molecule has 7 nitrogen and oxygen atoms in total. The van der Waals surface area contributed by atoms with Crippen LogP contribution in [0.15, 0.2) is 6.07 Å². The van der Waals surface area contributed by atoms with Gasteiger partial charge in [-0.15, -0.1) is 22.4 Å². The highest BCUT2D eigenvalue weighted by atomic mass is 127. The highest BCUT2D eigenvalue weighted by molar-refractivity contribution is 14.1. The first kappa shape index (κ1) is 20.0. The Morgan fingerprint density at radius 3 is 2.14 bits per heavy atom. The number of hydrogen-bond donors (Lipinski definition) is 6. The van der Waals surface area contributed by atoms with E-state index in [2.05, 4.69) is 47.4 Å². The summed E-state index contributed by atoms with van der Waals surface area (Å²) in [4.78, 5) is 0. The summed E-state index contributed by atoms with van der Waals surface area (Å²) in [6.45, 7) is 6.27. The lowest BCUT2D eigenvalue weighted by Gasteiger charge is -2.10. The highest BCUT2D eigenvalue weighted by Gasteiger charge is 2.18. The monoisotopic (exact) mass is 441 g/mol.